The fourth-order valence-corrected chi connectivity index (χ4v) is 3.38. The number of hydrogen-bond donors (Lipinski definition) is 1. The molecule has 0 aromatic carbocycles. The first kappa shape index (κ1) is 15.0. The topological polar surface area (TPSA) is 59.3 Å². The third-order valence-corrected chi connectivity index (χ3v) is 4.51. The molecule has 1 amide bonds. The molecule has 2 heterocycles. The summed E-state index contributed by atoms with van der Waals surface area (Å²) in [6.45, 7) is 2.12. The average molecular weight is 300 g/mol. The van der Waals surface area contributed by atoms with E-state index in [1.165, 1.54) is 25.7 Å². The van der Waals surface area contributed by atoms with Crippen molar-refractivity contribution < 1.29 is 4.79 Å². The number of rotatable bonds is 6. The average Bonchev–Trinajstić information content (AvgIpc) is 3.16. The molecule has 22 heavy (non-hydrogen) atoms. The van der Waals surface area contributed by atoms with Crippen LogP contribution in [-0.4, -0.2) is 20.5 Å². The zero-order valence-corrected chi connectivity index (χ0v) is 13.2. The number of carbonyl (C=O) groups is 1. The highest BCUT2D eigenvalue weighted by atomic mass is 16.1. The van der Waals surface area contributed by atoms with E-state index in [1.807, 2.05) is 28.8 Å². The van der Waals surface area contributed by atoms with Crippen LogP contribution >= 0.6 is 0 Å². The van der Waals surface area contributed by atoms with Gasteiger partial charge in [0.2, 0.25) is 5.91 Å². The van der Waals surface area contributed by atoms with E-state index in [0.29, 0.717) is 12.3 Å². The van der Waals surface area contributed by atoms with E-state index in [2.05, 4.69) is 22.4 Å². The third kappa shape index (κ3) is 3.29. The maximum atomic E-state index is 12.3. The van der Waals surface area contributed by atoms with E-state index in [1.54, 1.807) is 0 Å². The molecule has 1 aliphatic rings. The van der Waals surface area contributed by atoms with Gasteiger partial charge in [-0.15, -0.1) is 10.2 Å². The van der Waals surface area contributed by atoms with Crippen molar-refractivity contribution in [3.63, 3.8) is 0 Å². The number of carbonyl (C=O) groups excluding carboxylic acids is 1. The molecule has 1 aliphatic carbocycles. The molecule has 118 valence electrons. The van der Waals surface area contributed by atoms with Crippen LogP contribution in [0.15, 0.2) is 24.4 Å². The number of aromatic nitrogens is 3. The molecule has 3 rings (SSSR count). The highest BCUT2D eigenvalue weighted by Crippen LogP contribution is 2.28. The van der Waals surface area contributed by atoms with Crippen LogP contribution < -0.4 is 5.32 Å². The van der Waals surface area contributed by atoms with Crippen LogP contribution in [0.3, 0.4) is 0 Å². The van der Waals surface area contributed by atoms with Crippen molar-refractivity contribution in [3.8, 4) is 0 Å². The van der Waals surface area contributed by atoms with Crippen LogP contribution in [0.2, 0.25) is 0 Å². The van der Waals surface area contributed by atoms with E-state index in [0.717, 1.165) is 24.3 Å². The maximum Gasteiger partial charge on any atom is 0.220 e. The first-order valence-electron chi connectivity index (χ1n) is 8.37. The van der Waals surface area contributed by atoms with Gasteiger partial charge in [0.15, 0.2) is 11.5 Å². The van der Waals surface area contributed by atoms with E-state index in [4.69, 9.17) is 0 Å². The molecule has 0 bridgehead atoms. The Morgan fingerprint density at radius 1 is 1.36 bits per heavy atom. The van der Waals surface area contributed by atoms with Crippen LogP contribution in [0.4, 0.5) is 0 Å². The quantitative estimate of drug-likeness (QED) is 0.890. The van der Waals surface area contributed by atoms with E-state index in [9.17, 15) is 4.79 Å². The molecule has 0 radical (unpaired) electrons. The summed E-state index contributed by atoms with van der Waals surface area (Å²) in [5, 5.41) is 11.7. The van der Waals surface area contributed by atoms with E-state index in [-0.39, 0.29) is 11.9 Å². The van der Waals surface area contributed by atoms with Gasteiger partial charge >= 0.3 is 0 Å². The molecule has 0 unspecified atom stereocenters. The van der Waals surface area contributed by atoms with Crippen LogP contribution in [-0.2, 0) is 4.79 Å². The molecule has 0 spiro atoms. The monoisotopic (exact) mass is 300 g/mol. The minimum Gasteiger partial charge on any atom is -0.346 e. The van der Waals surface area contributed by atoms with Crippen LogP contribution in [0.25, 0.3) is 5.65 Å². The summed E-state index contributed by atoms with van der Waals surface area (Å²) in [5.74, 6) is 1.55. The number of pyridine rings is 1. The van der Waals surface area contributed by atoms with Crippen molar-refractivity contribution in [2.24, 2.45) is 5.92 Å². The second-order valence-corrected chi connectivity index (χ2v) is 6.25. The molecular formula is C17H24N4O. The fourth-order valence-electron chi connectivity index (χ4n) is 3.38. The summed E-state index contributed by atoms with van der Waals surface area (Å²) >= 11 is 0. The van der Waals surface area contributed by atoms with Crippen molar-refractivity contribution in [1.29, 1.82) is 0 Å². The normalized spacial score (nSPS) is 17.0. The number of hydrogen-bond acceptors (Lipinski definition) is 3. The Hall–Kier alpha value is -1.91. The Bertz CT molecular complexity index is 630. The van der Waals surface area contributed by atoms with Crippen LogP contribution in [0.1, 0.15) is 63.7 Å². The summed E-state index contributed by atoms with van der Waals surface area (Å²) in [5.41, 5.74) is 0.823. The van der Waals surface area contributed by atoms with Crippen molar-refractivity contribution in [2.75, 3.05) is 0 Å². The molecule has 1 saturated carbocycles. The second-order valence-electron chi connectivity index (χ2n) is 6.25. The summed E-state index contributed by atoms with van der Waals surface area (Å²) < 4.78 is 1.97. The van der Waals surface area contributed by atoms with Crippen molar-refractivity contribution in [1.82, 2.24) is 19.9 Å². The van der Waals surface area contributed by atoms with Gasteiger partial charge in [0, 0.05) is 12.6 Å². The Balaban J connectivity index is 1.73. The lowest BCUT2D eigenvalue weighted by Gasteiger charge is -2.18. The zero-order valence-electron chi connectivity index (χ0n) is 13.2. The summed E-state index contributed by atoms with van der Waals surface area (Å²) in [6, 6.07) is 5.78. The first-order chi connectivity index (χ1) is 10.8. The maximum absolute atomic E-state index is 12.3. The van der Waals surface area contributed by atoms with Gasteiger partial charge in [0.05, 0.1) is 6.04 Å². The molecule has 2 aromatic rings. The smallest absolute Gasteiger partial charge is 0.220 e. The minimum absolute atomic E-state index is 0.0590. The molecule has 1 fully saturated rings. The van der Waals surface area contributed by atoms with Gasteiger partial charge in [-0.3, -0.25) is 9.20 Å². The Kier molecular flexibility index (Phi) is 4.71. The molecule has 2 aromatic heterocycles. The van der Waals surface area contributed by atoms with Crippen LogP contribution in [0.5, 0.6) is 0 Å². The summed E-state index contributed by atoms with van der Waals surface area (Å²) in [4.78, 5) is 12.3. The molecular weight excluding hydrogens is 276 g/mol. The number of nitrogens with one attached hydrogen (secondary N) is 1. The van der Waals surface area contributed by atoms with Gasteiger partial charge in [-0.25, -0.2) is 0 Å². The van der Waals surface area contributed by atoms with Crippen molar-refractivity contribution >= 4 is 11.6 Å². The van der Waals surface area contributed by atoms with Gasteiger partial charge < -0.3 is 5.32 Å². The zero-order chi connectivity index (χ0) is 15.4. The minimum atomic E-state index is -0.0590. The molecule has 1 atom stereocenters. The molecule has 5 nitrogen and oxygen atoms in total. The number of amides is 1. The molecule has 5 heteroatoms. The largest absolute Gasteiger partial charge is 0.346 e. The van der Waals surface area contributed by atoms with Gasteiger partial charge in [0.25, 0.3) is 0 Å². The van der Waals surface area contributed by atoms with Gasteiger partial charge in [0.1, 0.15) is 0 Å². The summed E-state index contributed by atoms with van der Waals surface area (Å²) in [6.07, 6.45) is 9.41. The van der Waals surface area contributed by atoms with Gasteiger partial charge in [-0.1, -0.05) is 32.3 Å². The van der Waals surface area contributed by atoms with Crippen LogP contribution in [0, 0.1) is 5.92 Å². The molecule has 1 N–H and O–H groups in total. The Morgan fingerprint density at radius 2 is 2.18 bits per heavy atom. The lowest BCUT2D eigenvalue weighted by molar-refractivity contribution is -0.122. The van der Waals surface area contributed by atoms with E-state index >= 15 is 0 Å². The third-order valence-electron chi connectivity index (χ3n) is 4.51. The lowest BCUT2D eigenvalue weighted by atomic mass is 10.0. The second kappa shape index (κ2) is 6.90. The fraction of sp³-hybridized carbons (Fsp3) is 0.588. The lowest BCUT2D eigenvalue weighted by Crippen LogP contribution is -2.31. The summed E-state index contributed by atoms with van der Waals surface area (Å²) in [7, 11) is 0. The van der Waals surface area contributed by atoms with Crippen molar-refractivity contribution in [3.05, 3.63) is 30.2 Å². The van der Waals surface area contributed by atoms with Gasteiger partial charge in [-0.2, -0.15) is 0 Å². The standard InChI is InChI=1S/C17H24N4O/c1-2-7-14(18-16(22)12-13-8-3-4-9-13)17-20-19-15-10-5-6-11-21(15)17/h5-6,10-11,13-14H,2-4,7-9,12H2,1H3,(H,18,22)/t14-/m1/s1. The molecule has 0 aliphatic heterocycles. The Labute approximate surface area is 131 Å². The Morgan fingerprint density at radius 3 is 2.95 bits per heavy atom. The highest BCUT2D eigenvalue weighted by Gasteiger charge is 2.23. The highest BCUT2D eigenvalue weighted by molar-refractivity contribution is 5.76. The number of fused-ring (bicyclic) bond motifs is 1. The first-order valence-corrected chi connectivity index (χ1v) is 8.37. The SMILES string of the molecule is CCC[C@@H](NC(=O)CC1CCCC1)c1nnc2ccccn12. The van der Waals surface area contributed by atoms with Crippen molar-refractivity contribution in [2.45, 2.75) is 57.9 Å². The van der Waals surface area contributed by atoms with Gasteiger partial charge in [-0.05, 0) is 37.3 Å². The van der Waals surface area contributed by atoms with E-state index < -0.39 is 0 Å². The molecule has 0 saturated heterocycles. The number of nitrogens with zero attached hydrogens (tertiary/aromatic N) is 3. The predicted octanol–water partition coefficient (Wildman–Crippen LogP) is 3.27. The predicted molar refractivity (Wildman–Crippen MR) is 85.4 cm³/mol.